The molecule has 3 heterocycles. The van der Waals surface area contributed by atoms with Crippen LogP contribution in [0.15, 0.2) is 18.2 Å². The third kappa shape index (κ3) is 4.86. The van der Waals surface area contributed by atoms with Gasteiger partial charge in [-0.15, -0.1) is 0 Å². The van der Waals surface area contributed by atoms with Crippen molar-refractivity contribution < 1.29 is 19.1 Å². The maximum Gasteiger partial charge on any atom is 0.408 e. The van der Waals surface area contributed by atoms with Gasteiger partial charge >= 0.3 is 6.09 Å². The summed E-state index contributed by atoms with van der Waals surface area (Å²) in [7, 11) is 0. The lowest BCUT2D eigenvalue weighted by Gasteiger charge is -2.37. The molecular weight excluding hydrogens is 478 g/mol. The third-order valence-corrected chi connectivity index (χ3v) is 8.24. The van der Waals surface area contributed by atoms with Crippen molar-refractivity contribution in [1.82, 2.24) is 15.2 Å². The summed E-state index contributed by atoms with van der Waals surface area (Å²) in [5, 5.41) is 4.61. The predicted octanol–water partition coefficient (Wildman–Crippen LogP) is 5.72. The minimum Gasteiger partial charge on any atom is -0.483 e. The van der Waals surface area contributed by atoms with Gasteiger partial charge in [0.05, 0.1) is 17.8 Å². The Morgan fingerprint density at radius 1 is 1.33 bits per heavy atom. The lowest BCUT2D eigenvalue weighted by molar-refractivity contribution is -0.134. The summed E-state index contributed by atoms with van der Waals surface area (Å²) in [5.41, 5.74) is 2.44. The van der Waals surface area contributed by atoms with Gasteiger partial charge < -0.3 is 19.7 Å². The minimum absolute atomic E-state index is 0.0126. The van der Waals surface area contributed by atoms with E-state index >= 15 is 0 Å². The van der Waals surface area contributed by atoms with E-state index in [4.69, 9.17) is 26.1 Å². The summed E-state index contributed by atoms with van der Waals surface area (Å²) in [4.78, 5) is 32.8. The monoisotopic (exact) mass is 513 g/mol. The number of pyridine rings is 1. The van der Waals surface area contributed by atoms with Crippen molar-refractivity contribution in [2.45, 2.75) is 102 Å². The first kappa shape index (κ1) is 25.1. The normalized spacial score (nSPS) is 24.6. The van der Waals surface area contributed by atoms with Crippen LogP contribution in [0.25, 0.3) is 10.9 Å². The topological polar surface area (TPSA) is 80.8 Å². The molecular formula is C28H36ClN3O4. The lowest BCUT2D eigenvalue weighted by atomic mass is 9.87. The zero-order chi connectivity index (χ0) is 25.4. The molecule has 0 radical (unpaired) electrons. The van der Waals surface area contributed by atoms with Crippen LogP contribution in [-0.4, -0.2) is 52.2 Å². The number of halogens is 1. The fraction of sp³-hybridized carbons (Fsp3) is 0.607. The van der Waals surface area contributed by atoms with E-state index in [1.807, 2.05) is 36.9 Å². The number of alkyl carbamates (subject to hydrolysis) is 1. The fourth-order valence-electron chi connectivity index (χ4n) is 6.24. The molecule has 1 aromatic heterocycles. The Kier molecular flexibility index (Phi) is 7.03. The average Bonchev–Trinajstić information content (AvgIpc) is 3.46. The number of aromatic nitrogens is 1. The Morgan fingerprint density at radius 2 is 2.11 bits per heavy atom. The van der Waals surface area contributed by atoms with Crippen molar-refractivity contribution in [1.29, 1.82) is 0 Å². The quantitative estimate of drug-likeness (QED) is 0.553. The van der Waals surface area contributed by atoms with Gasteiger partial charge in [-0.25, -0.2) is 9.78 Å². The van der Waals surface area contributed by atoms with Crippen molar-refractivity contribution in [3.05, 3.63) is 34.5 Å². The molecule has 36 heavy (non-hydrogen) atoms. The molecule has 1 aliphatic carbocycles. The molecule has 194 valence electrons. The molecule has 7 nitrogen and oxygen atoms in total. The van der Waals surface area contributed by atoms with Crippen LogP contribution in [0.4, 0.5) is 4.79 Å². The second-order valence-corrected chi connectivity index (χ2v) is 11.2. The van der Waals surface area contributed by atoms with Crippen LogP contribution in [-0.2, 0) is 16.0 Å². The molecule has 2 aromatic rings. The molecule has 3 aliphatic rings. The van der Waals surface area contributed by atoms with E-state index in [1.165, 1.54) is 0 Å². The van der Waals surface area contributed by atoms with E-state index in [0.29, 0.717) is 18.0 Å². The van der Waals surface area contributed by atoms with Crippen LogP contribution in [0.2, 0.25) is 5.02 Å². The Balaban J connectivity index is 1.32. The summed E-state index contributed by atoms with van der Waals surface area (Å²) in [6.45, 7) is 6.56. The van der Waals surface area contributed by atoms with Gasteiger partial charge in [0.1, 0.15) is 23.5 Å². The number of amides is 2. The zero-order valence-electron chi connectivity index (χ0n) is 21.4. The molecule has 3 atom stereocenters. The number of hydrogen-bond donors (Lipinski definition) is 1. The maximum atomic E-state index is 13.6. The van der Waals surface area contributed by atoms with Crippen molar-refractivity contribution in [3.63, 3.8) is 0 Å². The predicted molar refractivity (Wildman–Crippen MR) is 140 cm³/mol. The number of hydrogen-bond acceptors (Lipinski definition) is 5. The molecule has 1 saturated heterocycles. The molecule has 1 saturated carbocycles. The van der Waals surface area contributed by atoms with E-state index in [-0.39, 0.29) is 18.1 Å². The third-order valence-electron chi connectivity index (χ3n) is 8.01. The van der Waals surface area contributed by atoms with E-state index in [0.717, 1.165) is 79.3 Å². The molecule has 1 aromatic carbocycles. The fourth-order valence-corrected chi connectivity index (χ4v) is 6.40. The Labute approximate surface area is 217 Å². The van der Waals surface area contributed by atoms with E-state index in [1.54, 1.807) is 0 Å². The van der Waals surface area contributed by atoms with Crippen LogP contribution in [0, 0.1) is 6.92 Å². The molecule has 2 amide bonds. The van der Waals surface area contributed by atoms with Gasteiger partial charge in [-0.2, -0.15) is 0 Å². The number of rotatable bonds is 5. The van der Waals surface area contributed by atoms with Gasteiger partial charge in [0.25, 0.3) is 0 Å². The number of ether oxygens (including phenoxy) is 2. The van der Waals surface area contributed by atoms with Gasteiger partial charge in [-0.05, 0) is 70.9 Å². The van der Waals surface area contributed by atoms with E-state index < -0.39 is 17.7 Å². The van der Waals surface area contributed by atoms with Crippen LogP contribution in [0.1, 0.15) is 76.5 Å². The Morgan fingerprint density at radius 3 is 2.86 bits per heavy atom. The largest absolute Gasteiger partial charge is 0.483 e. The highest BCUT2D eigenvalue weighted by atomic mass is 35.5. The summed E-state index contributed by atoms with van der Waals surface area (Å²) >= 11 is 6.19. The van der Waals surface area contributed by atoms with Crippen LogP contribution < -0.4 is 10.1 Å². The lowest BCUT2D eigenvalue weighted by Crippen LogP contribution is -2.51. The molecule has 3 unspecified atom stereocenters. The second kappa shape index (κ2) is 10.1. The van der Waals surface area contributed by atoms with E-state index in [2.05, 4.69) is 12.2 Å². The Hall–Kier alpha value is -2.54. The van der Waals surface area contributed by atoms with Crippen LogP contribution >= 0.6 is 11.6 Å². The number of aryl methyl sites for hydroxylation is 2. The maximum absolute atomic E-state index is 13.6. The van der Waals surface area contributed by atoms with Crippen molar-refractivity contribution in [3.8, 4) is 5.75 Å². The van der Waals surface area contributed by atoms with Crippen LogP contribution in [0.3, 0.4) is 0 Å². The summed E-state index contributed by atoms with van der Waals surface area (Å²) in [6.07, 6.45) is 7.27. The number of nitrogens with zero attached hydrogens (tertiary/aromatic N) is 2. The van der Waals surface area contributed by atoms with E-state index in [9.17, 15) is 9.59 Å². The summed E-state index contributed by atoms with van der Waals surface area (Å²) < 4.78 is 12.3. The average molecular weight is 514 g/mol. The highest BCUT2D eigenvalue weighted by Crippen LogP contribution is 2.44. The standard InChI is InChI=1S/C28H36ClN3O4/c1-4-7-23(31-27(34)35-20-8-5-6-9-20)26(33)32-16-28(15-17(32)2)13-12-22-21-11-10-19(29)14-24(21)30-18(3)25(22)36-28/h10-11,14,17,20,23H,4-9,12-13,15-16H2,1-3H3,(H,31,34). The number of benzene rings is 1. The smallest absolute Gasteiger partial charge is 0.408 e. The molecule has 2 fully saturated rings. The zero-order valence-corrected chi connectivity index (χ0v) is 22.2. The minimum atomic E-state index is -0.588. The van der Waals surface area contributed by atoms with Gasteiger partial charge in [-0.3, -0.25) is 4.79 Å². The summed E-state index contributed by atoms with van der Waals surface area (Å²) in [5.74, 6) is 0.781. The second-order valence-electron chi connectivity index (χ2n) is 10.8. The number of carbonyl (C=O) groups is 2. The number of likely N-dealkylation sites (tertiary alicyclic amines) is 1. The van der Waals surface area contributed by atoms with Gasteiger partial charge in [0.15, 0.2) is 0 Å². The molecule has 1 spiro atoms. The van der Waals surface area contributed by atoms with Crippen LogP contribution in [0.5, 0.6) is 5.75 Å². The Bertz CT molecular complexity index is 1170. The first-order valence-electron chi connectivity index (χ1n) is 13.3. The first-order valence-corrected chi connectivity index (χ1v) is 13.7. The highest BCUT2D eigenvalue weighted by molar-refractivity contribution is 6.31. The SMILES string of the molecule is CCCC(NC(=O)OC1CCCC1)C(=O)N1CC2(CCc3c(c(C)nc4cc(Cl)ccc34)O2)CC1C. The molecule has 2 aliphatic heterocycles. The van der Waals surface area contributed by atoms with Gasteiger partial charge in [0.2, 0.25) is 5.91 Å². The summed E-state index contributed by atoms with van der Waals surface area (Å²) in [6, 6.07) is 5.23. The van der Waals surface area contributed by atoms with Gasteiger partial charge in [-0.1, -0.05) is 31.0 Å². The van der Waals surface area contributed by atoms with Crippen molar-refractivity contribution in [2.24, 2.45) is 0 Å². The molecule has 5 rings (SSSR count). The molecule has 1 N–H and O–H groups in total. The van der Waals surface area contributed by atoms with Crippen molar-refractivity contribution >= 4 is 34.5 Å². The molecule has 0 bridgehead atoms. The first-order chi connectivity index (χ1) is 17.3. The number of carbonyl (C=O) groups excluding carboxylic acids is 2. The van der Waals surface area contributed by atoms with Crippen molar-refractivity contribution in [2.75, 3.05) is 6.54 Å². The van der Waals surface area contributed by atoms with Gasteiger partial charge in [0, 0.05) is 28.4 Å². The number of fused-ring (bicyclic) bond motifs is 3. The number of nitrogens with one attached hydrogen (secondary N) is 1. The molecule has 8 heteroatoms. The highest BCUT2D eigenvalue weighted by Gasteiger charge is 2.49.